The number of likely N-dealkylation sites (tertiary alicyclic amines) is 1. The van der Waals surface area contributed by atoms with Crippen LogP contribution in [0.5, 0.6) is 0 Å². The Bertz CT molecular complexity index is 410. The Labute approximate surface area is 96.3 Å². The highest BCUT2D eigenvalue weighted by atomic mass is 16.2. The van der Waals surface area contributed by atoms with E-state index in [0.717, 1.165) is 30.5 Å². The molecule has 1 aliphatic heterocycles. The smallest absolute Gasteiger partial charge is 0.253 e. The number of piperidine rings is 1. The van der Waals surface area contributed by atoms with E-state index < -0.39 is 0 Å². The Morgan fingerprint density at radius 2 is 1.75 bits per heavy atom. The Hall–Kier alpha value is -1.31. The molecule has 1 aliphatic carbocycles. The van der Waals surface area contributed by atoms with Gasteiger partial charge in [-0.3, -0.25) is 4.79 Å². The second-order valence-electron chi connectivity index (χ2n) is 5.61. The van der Waals surface area contributed by atoms with E-state index >= 15 is 0 Å². The number of carbonyl (C=O) groups is 1. The highest BCUT2D eigenvalue weighted by Crippen LogP contribution is 2.62. The summed E-state index contributed by atoms with van der Waals surface area (Å²) >= 11 is 0. The van der Waals surface area contributed by atoms with Crippen LogP contribution >= 0.6 is 0 Å². The molecular weight excluding hydrogens is 198 g/mol. The van der Waals surface area contributed by atoms with E-state index in [1.165, 1.54) is 0 Å². The summed E-state index contributed by atoms with van der Waals surface area (Å²) in [4.78, 5) is 14.2. The van der Waals surface area contributed by atoms with Gasteiger partial charge in [0.05, 0.1) is 0 Å². The second kappa shape index (κ2) is 3.09. The Morgan fingerprint density at radius 3 is 2.31 bits per heavy atom. The van der Waals surface area contributed by atoms with E-state index in [1.807, 2.05) is 35.2 Å². The number of amides is 1. The van der Waals surface area contributed by atoms with Crippen LogP contribution in [0.3, 0.4) is 0 Å². The zero-order chi connectivity index (χ0) is 11.3. The molecule has 84 valence electrons. The molecule has 1 heterocycles. The van der Waals surface area contributed by atoms with Gasteiger partial charge in [-0.05, 0) is 29.4 Å². The lowest BCUT2D eigenvalue weighted by Crippen LogP contribution is -2.32. The minimum atomic E-state index is 0.198. The standard InChI is InChI=1S/C14H17NO/c1-14(2)11-8-15(9-12(11)14)13(16)10-6-4-3-5-7-10/h3-7,11-12H,8-9H2,1-2H3. The van der Waals surface area contributed by atoms with Crippen LogP contribution in [0.1, 0.15) is 24.2 Å². The summed E-state index contributed by atoms with van der Waals surface area (Å²) in [5, 5.41) is 0. The van der Waals surface area contributed by atoms with Crippen LogP contribution in [0.25, 0.3) is 0 Å². The fourth-order valence-corrected chi connectivity index (χ4v) is 3.06. The van der Waals surface area contributed by atoms with Gasteiger partial charge >= 0.3 is 0 Å². The van der Waals surface area contributed by atoms with Gasteiger partial charge in [0.25, 0.3) is 5.91 Å². The van der Waals surface area contributed by atoms with Gasteiger partial charge in [0.1, 0.15) is 0 Å². The molecule has 2 atom stereocenters. The van der Waals surface area contributed by atoms with Gasteiger partial charge in [-0.1, -0.05) is 32.0 Å². The summed E-state index contributed by atoms with van der Waals surface area (Å²) < 4.78 is 0. The molecule has 2 nitrogen and oxygen atoms in total. The van der Waals surface area contributed by atoms with Crippen LogP contribution in [-0.4, -0.2) is 23.9 Å². The normalized spacial score (nSPS) is 30.0. The maximum Gasteiger partial charge on any atom is 0.253 e. The van der Waals surface area contributed by atoms with Gasteiger partial charge in [-0.15, -0.1) is 0 Å². The molecule has 1 saturated heterocycles. The van der Waals surface area contributed by atoms with Gasteiger partial charge in [-0.2, -0.15) is 0 Å². The molecule has 16 heavy (non-hydrogen) atoms. The summed E-state index contributed by atoms with van der Waals surface area (Å²) in [7, 11) is 0. The molecular formula is C14H17NO. The molecule has 1 amide bonds. The predicted octanol–water partition coefficient (Wildman–Crippen LogP) is 2.41. The Morgan fingerprint density at radius 1 is 1.19 bits per heavy atom. The van der Waals surface area contributed by atoms with Crippen molar-refractivity contribution in [2.45, 2.75) is 13.8 Å². The average molecular weight is 215 g/mol. The third-order valence-electron chi connectivity index (χ3n) is 4.43. The number of nitrogens with zero attached hydrogens (tertiary/aromatic N) is 1. The van der Waals surface area contributed by atoms with Gasteiger partial charge in [-0.25, -0.2) is 0 Å². The molecule has 1 aromatic rings. The lowest BCUT2D eigenvalue weighted by atomic mass is 10.1. The van der Waals surface area contributed by atoms with Crippen molar-refractivity contribution in [3.8, 4) is 0 Å². The lowest BCUT2D eigenvalue weighted by Gasteiger charge is -2.22. The summed E-state index contributed by atoms with van der Waals surface area (Å²) in [5.74, 6) is 1.67. The fourth-order valence-electron chi connectivity index (χ4n) is 3.06. The number of hydrogen-bond donors (Lipinski definition) is 0. The number of fused-ring (bicyclic) bond motifs is 1. The summed E-state index contributed by atoms with van der Waals surface area (Å²) in [6, 6.07) is 9.60. The van der Waals surface area contributed by atoms with E-state index in [9.17, 15) is 4.79 Å². The van der Waals surface area contributed by atoms with E-state index in [-0.39, 0.29) is 5.91 Å². The van der Waals surface area contributed by atoms with Crippen molar-refractivity contribution in [2.24, 2.45) is 17.3 Å². The highest BCUT2D eigenvalue weighted by molar-refractivity contribution is 5.94. The lowest BCUT2D eigenvalue weighted by molar-refractivity contribution is 0.0758. The monoisotopic (exact) mass is 215 g/mol. The van der Waals surface area contributed by atoms with Crippen molar-refractivity contribution in [2.75, 3.05) is 13.1 Å². The predicted molar refractivity (Wildman–Crippen MR) is 63.1 cm³/mol. The summed E-state index contributed by atoms with van der Waals surface area (Å²) in [5.41, 5.74) is 1.30. The third kappa shape index (κ3) is 1.29. The van der Waals surface area contributed by atoms with Gasteiger partial charge in [0.2, 0.25) is 0 Å². The molecule has 3 rings (SSSR count). The zero-order valence-corrected chi connectivity index (χ0v) is 9.81. The number of rotatable bonds is 1. The Kier molecular flexibility index (Phi) is 1.91. The van der Waals surface area contributed by atoms with E-state index in [4.69, 9.17) is 0 Å². The fraction of sp³-hybridized carbons (Fsp3) is 0.500. The molecule has 1 saturated carbocycles. The van der Waals surface area contributed by atoms with Crippen LogP contribution in [-0.2, 0) is 0 Å². The first-order valence-corrected chi connectivity index (χ1v) is 5.95. The SMILES string of the molecule is CC1(C)C2CN(C(=O)c3ccccc3)CC21. The second-order valence-corrected chi connectivity index (χ2v) is 5.61. The summed E-state index contributed by atoms with van der Waals surface area (Å²) in [6.07, 6.45) is 0. The quantitative estimate of drug-likeness (QED) is 0.704. The average Bonchev–Trinajstić information content (AvgIpc) is 2.72. The van der Waals surface area contributed by atoms with Crippen molar-refractivity contribution in [3.63, 3.8) is 0 Å². The molecule has 1 aromatic carbocycles. The first kappa shape index (κ1) is 9.88. The van der Waals surface area contributed by atoms with Crippen molar-refractivity contribution >= 4 is 5.91 Å². The van der Waals surface area contributed by atoms with E-state index in [2.05, 4.69) is 13.8 Å². The van der Waals surface area contributed by atoms with Crippen LogP contribution in [0.15, 0.2) is 30.3 Å². The molecule has 2 heteroatoms. The molecule has 2 fully saturated rings. The van der Waals surface area contributed by atoms with Gasteiger partial charge < -0.3 is 4.90 Å². The van der Waals surface area contributed by atoms with Gasteiger partial charge in [0.15, 0.2) is 0 Å². The van der Waals surface area contributed by atoms with Crippen LogP contribution < -0.4 is 0 Å². The largest absolute Gasteiger partial charge is 0.338 e. The maximum absolute atomic E-state index is 12.2. The molecule has 0 radical (unpaired) electrons. The van der Waals surface area contributed by atoms with E-state index in [0.29, 0.717) is 5.41 Å². The van der Waals surface area contributed by atoms with E-state index in [1.54, 1.807) is 0 Å². The minimum absolute atomic E-state index is 0.198. The zero-order valence-electron chi connectivity index (χ0n) is 9.81. The van der Waals surface area contributed by atoms with Crippen molar-refractivity contribution in [1.82, 2.24) is 4.90 Å². The van der Waals surface area contributed by atoms with Crippen LogP contribution in [0.2, 0.25) is 0 Å². The highest BCUT2D eigenvalue weighted by Gasteiger charge is 2.62. The number of carbonyl (C=O) groups excluding carboxylic acids is 1. The van der Waals surface area contributed by atoms with Crippen LogP contribution in [0.4, 0.5) is 0 Å². The number of benzene rings is 1. The first-order chi connectivity index (χ1) is 7.60. The van der Waals surface area contributed by atoms with Crippen molar-refractivity contribution in [3.05, 3.63) is 35.9 Å². The maximum atomic E-state index is 12.2. The minimum Gasteiger partial charge on any atom is -0.338 e. The molecule has 2 unspecified atom stereocenters. The first-order valence-electron chi connectivity index (χ1n) is 5.95. The van der Waals surface area contributed by atoms with Crippen molar-refractivity contribution in [1.29, 1.82) is 0 Å². The molecule has 0 spiro atoms. The number of hydrogen-bond acceptors (Lipinski definition) is 1. The van der Waals surface area contributed by atoms with Crippen molar-refractivity contribution < 1.29 is 4.79 Å². The third-order valence-corrected chi connectivity index (χ3v) is 4.43. The molecule has 0 N–H and O–H groups in total. The van der Waals surface area contributed by atoms with Crippen LogP contribution in [0, 0.1) is 17.3 Å². The topological polar surface area (TPSA) is 20.3 Å². The Balaban J connectivity index is 1.72. The molecule has 2 aliphatic rings. The molecule has 0 aromatic heterocycles. The van der Waals surface area contributed by atoms with Gasteiger partial charge in [0, 0.05) is 18.7 Å². The summed E-state index contributed by atoms with van der Waals surface area (Å²) in [6.45, 7) is 6.52. The molecule has 0 bridgehead atoms.